The number of nitrogens with zero attached hydrogens (tertiary/aromatic N) is 4. The first-order valence-corrected chi connectivity index (χ1v) is 37.5. The number of aryl methyl sites for hydroxylation is 1. The summed E-state index contributed by atoms with van der Waals surface area (Å²) >= 11 is 0. The lowest BCUT2D eigenvalue weighted by Gasteiger charge is -2.40. The van der Waals surface area contributed by atoms with Gasteiger partial charge in [-0.05, 0) is 94.1 Å². The summed E-state index contributed by atoms with van der Waals surface area (Å²) in [5.41, 5.74) is -0.776. The Morgan fingerprint density at radius 1 is 0.439 bits per heavy atom. The SMILES string of the molecule is CC(C)C[C@@H]1NC(=O)[C@H]2C[C@@H](O)CCN2C(=O)[C@H](C(C)C)OC(=O)[C@@H](C(C)C)NC(=O)[C@@H]2C[C@@]3(O)c4ccccc4N[C@H]3N2C(=O)[C@@H]([C@H](C)O)NC1=O.Cc1ccc2c(c1)[C@]1(O)C[C@H]3C(=O)N[C@H](C(C)C)C(=O)O[C@@H](C(C)C)C(=O)N4CC[C@H](O)C[C@@H]4C(=O)N[C@@H](CC(C)C)C(=O)N[C@H]([C@H](C)O)C(=O)N3[C@@H]1N2. The Morgan fingerprint density at radius 3 is 1.18 bits per heavy atom. The van der Waals surface area contributed by atoms with Crippen LogP contribution in [-0.2, 0) is 78.2 Å². The molecule has 0 aliphatic carbocycles. The molecule has 32 nitrogen and oxygen atoms in total. The van der Waals surface area contributed by atoms with Crippen molar-refractivity contribution in [1.82, 2.24) is 51.5 Å². The second kappa shape index (κ2) is 33.1. The summed E-state index contributed by atoms with van der Waals surface area (Å²) in [4.78, 5) is 175. The highest BCUT2D eigenvalue weighted by atomic mass is 16.6. The number of amides is 10. The number of anilines is 2. The zero-order valence-electron chi connectivity index (χ0n) is 63.7. The Kier molecular flexibility index (Phi) is 25.5. The number of hydrogen-bond acceptors (Lipinski definition) is 22. The van der Waals surface area contributed by atoms with Gasteiger partial charge in [0.25, 0.3) is 11.8 Å². The smallest absolute Gasteiger partial charge is 0.329 e. The van der Waals surface area contributed by atoms with Crippen LogP contribution >= 0.6 is 0 Å². The fourth-order valence-electron chi connectivity index (χ4n) is 15.8. The Bertz CT molecular complexity index is 3720. The molecule has 2 aromatic rings. The number of ether oxygens (including phenoxy) is 2. The van der Waals surface area contributed by atoms with E-state index in [0.29, 0.717) is 22.5 Å². The number of hydrogen-bond donors (Lipinski definition) is 14. The summed E-state index contributed by atoms with van der Waals surface area (Å²) in [7, 11) is 0. The molecule has 8 aliphatic heterocycles. The van der Waals surface area contributed by atoms with Gasteiger partial charge in [0, 0.05) is 61.3 Å². The van der Waals surface area contributed by atoms with Crippen LogP contribution in [0.5, 0.6) is 0 Å². The molecule has 32 heteroatoms. The fraction of sp³-hybridized carbons (Fsp3) is 0.680. The molecule has 6 fully saturated rings. The summed E-state index contributed by atoms with van der Waals surface area (Å²) in [6, 6.07) is -1.42. The van der Waals surface area contributed by atoms with Gasteiger partial charge in [0.1, 0.15) is 84.0 Å². The van der Waals surface area contributed by atoms with E-state index in [4.69, 9.17) is 9.47 Å². The van der Waals surface area contributed by atoms with Gasteiger partial charge in [0.05, 0.1) is 24.4 Å². The Labute approximate surface area is 623 Å². The number of fused-ring (bicyclic) bond motifs is 12. The largest absolute Gasteiger partial charge is 0.450 e. The second-order valence-corrected chi connectivity index (χ2v) is 32.4. The molecule has 107 heavy (non-hydrogen) atoms. The van der Waals surface area contributed by atoms with Crippen molar-refractivity contribution in [2.45, 2.75) is 276 Å². The number of nitrogens with one attached hydrogen (secondary N) is 8. The van der Waals surface area contributed by atoms with Crippen LogP contribution in [0.4, 0.5) is 11.4 Å². The van der Waals surface area contributed by atoms with Gasteiger partial charge in [-0.15, -0.1) is 0 Å². The topological polar surface area (TPSA) is 454 Å². The molecule has 0 radical (unpaired) electrons. The van der Waals surface area contributed by atoms with E-state index in [-0.39, 0.29) is 76.3 Å². The van der Waals surface area contributed by atoms with Crippen LogP contribution in [0.2, 0.25) is 0 Å². The van der Waals surface area contributed by atoms with Crippen LogP contribution in [0.1, 0.15) is 165 Å². The fourth-order valence-corrected chi connectivity index (χ4v) is 15.8. The Morgan fingerprint density at radius 2 is 0.804 bits per heavy atom. The lowest BCUT2D eigenvalue weighted by atomic mass is 9.90. The van der Waals surface area contributed by atoms with Crippen LogP contribution in [0.3, 0.4) is 0 Å². The van der Waals surface area contributed by atoms with E-state index in [9.17, 15) is 88.2 Å². The molecule has 8 aliphatic rings. The third-order valence-electron chi connectivity index (χ3n) is 21.6. The van der Waals surface area contributed by atoms with Crippen LogP contribution in [-0.4, -0.2) is 244 Å². The summed E-state index contributed by atoms with van der Waals surface area (Å²) in [6.45, 7) is 25.1. The van der Waals surface area contributed by atoms with Crippen molar-refractivity contribution in [3.05, 3.63) is 59.2 Å². The molecule has 0 unspecified atom stereocenters. The molecular formula is C75H110N12O20. The van der Waals surface area contributed by atoms with E-state index in [1.165, 1.54) is 23.6 Å². The summed E-state index contributed by atoms with van der Waals surface area (Å²) in [5, 5.41) is 89.9. The maximum Gasteiger partial charge on any atom is 0.329 e. The van der Waals surface area contributed by atoms with Gasteiger partial charge < -0.3 is 102 Å². The molecule has 8 heterocycles. The normalized spacial score (nSPS) is 33.3. The molecule has 20 atom stereocenters. The van der Waals surface area contributed by atoms with Gasteiger partial charge in [0.15, 0.2) is 12.2 Å². The Balaban J connectivity index is 0.000000247. The highest BCUT2D eigenvalue weighted by Crippen LogP contribution is 2.51. The van der Waals surface area contributed by atoms with Gasteiger partial charge in [-0.1, -0.05) is 119 Å². The van der Waals surface area contributed by atoms with E-state index in [1.54, 1.807) is 91.8 Å². The standard InChI is InChI=1S/C38H56N6O10.C37H54N6O10/c1-17(2)13-25-31(47)42-29(21(8)45)34(50)44-27(16-38(53)23-14-20(7)9-10-24(23)40-37(38)44)33(49)41-28(18(3)4)36(52)54-30(19(5)6)35(51)43-12-11-22(46)15-26(43)32(48)39-25;1-17(2)14-24-30(46)41-28(20(7)44)33(49)43-26(16-37(52)22-10-8-9-11-23(22)39-36(37)43)32(48)40-27(18(3)4)35(51)53-29(19(5)6)34(50)42-13-12-21(45)15-25(42)31(47)38-24/h9-10,14,17-19,21-22,25-30,37,40,45-46,53H,11-13,15-16H2,1-8H3,(H,39,48)(H,41,49)(H,42,47);8-11,17-21,24-29,36,39,44-45,52H,12-16H2,1-7H3,(H,38,47)(H,40,48)(H,41,46)/t21-,22-,25-,26+,27-,28+,29+,30-,37-,38+;20-,21-,24-,25+,26-,27+,28+,29-,36-,37+/m00/s1. The molecule has 6 saturated heterocycles. The van der Waals surface area contributed by atoms with Crippen LogP contribution < -0.4 is 42.5 Å². The number of piperidine rings is 2. The van der Waals surface area contributed by atoms with Crippen molar-refractivity contribution in [3.8, 4) is 0 Å². The molecule has 0 bridgehead atoms. The average Bonchev–Trinajstić information content (AvgIpc) is 1.56. The zero-order valence-corrected chi connectivity index (χ0v) is 63.7. The first-order valence-electron chi connectivity index (χ1n) is 37.5. The van der Waals surface area contributed by atoms with Crippen molar-refractivity contribution in [3.63, 3.8) is 0 Å². The first kappa shape index (κ1) is 82.5. The van der Waals surface area contributed by atoms with Crippen molar-refractivity contribution >= 4 is 82.4 Å². The minimum Gasteiger partial charge on any atom is -0.450 e. The van der Waals surface area contributed by atoms with E-state index in [1.807, 2.05) is 40.7 Å². The lowest BCUT2D eigenvalue weighted by molar-refractivity contribution is -0.170. The highest BCUT2D eigenvalue weighted by Gasteiger charge is 2.64. The summed E-state index contributed by atoms with van der Waals surface area (Å²) < 4.78 is 11.7. The monoisotopic (exact) mass is 1500 g/mol. The van der Waals surface area contributed by atoms with E-state index < -0.39 is 215 Å². The minimum atomic E-state index is -1.78. The minimum absolute atomic E-state index is 0.0262. The second-order valence-electron chi connectivity index (χ2n) is 32.4. The number of carbonyl (C=O) groups is 12. The van der Waals surface area contributed by atoms with Crippen molar-refractivity contribution in [2.75, 3.05) is 23.7 Å². The van der Waals surface area contributed by atoms with Gasteiger partial charge in [0.2, 0.25) is 47.3 Å². The summed E-state index contributed by atoms with van der Waals surface area (Å²) in [5.74, 6) is -12.1. The maximum atomic E-state index is 14.7. The third kappa shape index (κ3) is 17.2. The average molecular weight is 1500 g/mol. The zero-order chi connectivity index (χ0) is 79.1. The van der Waals surface area contributed by atoms with Gasteiger partial charge in [-0.25, -0.2) is 9.59 Å². The molecule has 2 aromatic carbocycles. The third-order valence-corrected chi connectivity index (χ3v) is 21.6. The molecule has 10 amide bonds. The molecular weight excluding hydrogens is 1390 g/mol. The lowest BCUT2D eigenvalue weighted by Crippen LogP contribution is -2.64. The van der Waals surface area contributed by atoms with E-state index in [2.05, 4.69) is 42.5 Å². The molecule has 590 valence electrons. The maximum absolute atomic E-state index is 14.7. The number of rotatable bonds is 10. The summed E-state index contributed by atoms with van der Waals surface area (Å²) in [6.07, 6.45) is -10.3. The van der Waals surface area contributed by atoms with Gasteiger partial charge in [-0.2, -0.15) is 0 Å². The van der Waals surface area contributed by atoms with Crippen molar-refractivity contribution in [1.29, 1.82) is 0 Å². The van der Waals surface area contributed by atoms with Gasteiger partial charge >= 0.3 is 11.9 Å². The van der Waals surface area contributed by atoms with Gasteiger partial charge in [-0.3, -0.25) is 47.9 Å². The molecule has 0 spiro atoms. The Hall–Kier alpha value is -8.56. The van der Waals surface area contributed by atoms with Crippen LogP contribution in [0, 0.1) is 42.4 Å². The van der Waals surface area contributed by atoms with E-state index in [0.717, 1.165) is 15.4 Å². The number of esters is 2. The molecule has 0 aromatic heterocycles. The number of aliphatic hydroxyl groups excluding tert-OH is 4. The predicted octanol–water partition coefficient (Wildman–Crippen LogP) is -0.297. The molecule has 14 N–H and O–H groups in total. The van der Waals surface area contributed by atoms with E-state index >= 15 is 0 Å². The number of carbonyl (C=O) groups excluding carboxylic acids is 12. The number of cyclic esters (lactones) is 2. The molecule has 0 saturated carbocycles. The van der Waals surface area contributed by atoms with Crippen molar-refractivity contribution < 1.29 is 97.6 Å². The quantitative estimate of drug-likeness (QED) is 0.136. The number of benzene rings is 2. The number of aliphatic hydroxyl groups is 6. The highest BCUT2D eigenvalue weighted by molar-refractivity contribution is 6.01. The first-order chi connectivity index (χ1) is 50.1. The van der Waals surface area contributed by atoms with Crippen molar-refractivity contribution in [2.24, 2.45) is 35.5 Å². The van der Waals surface area contributed by atoms with Crippen LogP contribution in [0.25, 0.3) is 0 Å². The number of para-hydroxylation sites is 1. The molecule has 10 rings (SSSR count). The van der Waals surface area contributed by atoms with Crippen LogP contribution in [0.15, 0.2) is 42.5 Å². The predicted molar refractivity (Wildman–Crippen MR) is 385 cm³/mol.